The minimum atomic E-state index is -3.51. The number of nitrogen functional groups attached to an aromatic ring is 1. The largest absolute Gasteiger partial charge is 0.399 e. The smallest absolute Gasteiger partial charge is 0.267 e. The van der Waals surface area contributed by atoms with Crippen molar-refractivity contribution in [1.29, 1.82) is 0 Å². The van der Waals surface area contributed by atoms with Crippen molar-refractivity contribution in [2.75, 3.05) is 19.0 Å². The molecule has 0 aliphatic rings. The fraction of sp³-hybridized carbons (Fsp3) is 0.222. The number of nitrogens with two attached hydrogens (primary N) is 1. The van der Waals surface area contributed by atoms with E-state index in [0.29, 0.717) is 9.99 Å². The molecule has 0 heterocycles. The Labute approximate surface area is 88.5 Å². The minimum Gasteiger partial charge on any atom is -0.399 e. The van der Waals surface area contributed by atoms with E-state index in [1.165, 1.54) is 19.2 Å². The standard InChI is InChI=1S/C9H12N2O3S/c1-11(15(2,13)14)9(12)7-3-5-8(10)6-4-7/h3-6H,10H2,1-2H3. The van der Waals surface area contributed by atoms with Gasteiger partial charge in [-0.25, -0.2) is 12.7 Å². The number of carbonyl (C=O) groups excluding carboxylic acids is 1. The SMILES string of the molecule is CN(C(=O)c1ccc(N)cc1)S(C)(=O)=O. The van der Waals surface area contributed by atoms with E-state index in [1.54, 1.807) is 12.1 Å². The Kier molecular flexibility index (Phi) is 2.99. The van der Waals surface area contributed by atoms with Crippen molar-refractivity contribution in [2.45, 2.75) is 0 Å². The van der Waals surface area contributed by atoms with E-state index in [-0.39, 0.29) is 5.56 Å². The van der Waals surface area contributed by atoms with Crippen LogP contribution in [-0.2, 0) is 10.0 Å². The maximum absolute atomic E-state index is 11.6. The van der Waals surface area contributed by atoms with Gasteiger partial charge in [0.2, 0.25) is 10.0 Å². The molecule has 2 N–H and O–H groups in total. The van der Waals surface area contributed by atoms with Crippen molar-refractivity contribution < 1.29 is 13.2 Å². The number of carbonyl (C=O) groups is 1. The van der Waals surface area contributed by atoms with Crippen LogP contribution in [0.25, 0.3) is 0 Å². The quantitative estimate of drug-likeness (QED) is 0.738. The molecule has 0 spiro atoms. The van der Waals surface area contributed by atoms with Crippen LogP contribution in [0.4, 0.5) is 5.69 Å². The fourth-order valence-electron chi connectivity index (χ4n) is 0.958. The van der Waals surface area contributed by atoms with Gasteiger partial charge in [0.15, 0.2) is 0 Å². The van der Waals surface area contributed by atoms with E-state index in [2.05, 4.69) is 0 Å². The highest BCUT2D eigenvalue weighted by atomic mass is 32.2. The Morgan fingerprint density at radius 2 is 1.73 bits per heavy atom. The number of rotatable bonds is 2. The van der Waals surface area contributed by atoms with E-state index in [9.17, 15) is 13.2 Å². The summed E-state index contributed by atoms with van der Waals surface area (Å²) in [5.41, 5.74) is 6.26. The van der Waals surface area contributed by atoms with E-state index >= 15 is 0 Å². The number of anilines is 1. The third kappa shape index (κ3) is 2.69. The predicted octanol–water partition coefficient (Wildman–Crippen LogP) is 0.300. The van der Waals surface area contributed by atoms with Crippen LogP contribution in [0.2, 0.25) is 0 Å². The van der Waals surface area contributed by atoms with Crippen molar-refractivity contribution in [3.8, 4) is 0 Å². The first kappa shape index (κ1) is 11.5. The number of sulfonamides is 1. The van der Waals surface area contributed by atoms with Crippen molar-refractivity contribution in [1.82, 2.24) is 4.31 Å². The maximum atomic E-state index is 11.6. The highest BCUT2D eigenvalue weighted by Gasteiger charge is 2.19. The summed E-state index contributed by atoms with van der Waals surface area (Å²) >= 11 is 0. The summed E-state index contributed by atoms with van der Waals surface area (Å²) in [7, 11) is -2.29. The Bertz CT molecular complexity index is 465. The van der Waals surface area contributed by atoms with Crippen LogP contribution in [-0.4, -0.2) is 31.9 Å². The van der Waals surface area contributed by atoms with Crippen molar-refractivity contribution in [2.24, 2.45) is 0 Å². The Balaban J connectivity index is 3.01. The lowest BCUT2D eigenvalue weighted by atomic mass is 10.2. The topological polar surface area (TPSA) is 80.5 Å². The van der Waals surface area contributed by atoms with Gasteiger partial charge in [0, 0.05) is 18.3 Å². The molecule has 0 fully saturated rings. The molecule has 1 aromatic rings. The lowest BCUT2D eigenvalue weighted by Crippen LogP contribution is -2.32. The van der Waals surface area contributed by atoms with Crippen LogP contribution in [0.3, 0.4) is 0 Å². The summed E-state index contributed by atoms with van der Waals surface area (Å²) in [6.45, 7) is 0. The van der Waals surface area contributed by atoms with Crippen LogP contribution < -0.4 is 5.73 Å². The summed E-state index contributed by atoms with van der Waals surface area (Å²) < 4.78 is 22.9. The molecule has 0 bridgehead atoms. The number of nitrogens with zero attached hydrogens (tertiary/aromatic N) is 1. The molecule has 1 amide bonds. The summed E-state index contributed by atoms with van der Waals surface area (Å²) in [5, 5.41) is 0. The first-order valence-electron chi connectivity index (χ1n) is 4.16. The zero-order chi connectivity index (χ0) is 11.6. The second-order valence-electron chi connectivity index (χ2n) is 3.16. The molecule has 1 rings (SSSR count). The van der Waals surface area contributed by atoms with E-state index < -0.39 is 15.9 Å². The molecule has 6 heteroatoms. The van der Waals surface area contributed by atoms with Crippen molar-refractivity contribution in [3.05, 3.63) is 29.8 Å². The molecular formula is C9H12N2O3S. The molecule has 0 aliphatic carbocycles. The third-order valence-electron chi connectivity index (χ3n) is 1.94. The van der Waals surface area contributed by atoms with Gasteiger partial charge in [-0.2, -0.15) is 0 Å². The molecule has 0 saturated heterocycles. The number of hydrogen-bond acceptors (Lipinski definition) is 4. The molecule has 0 unspecified atom stereocenters. The Morgan fingerprint density at radius 1 is 1.27 bits per heavy atom. The van der Waals surface area contributed by atoms with Gasteiger partial charge in [0.05, 0.1) is 6.26 Å². The van der Waals surface area contributed by atoms with Gasteiger partial charge in [0.1, 0.15) is 0 Å². The molecule has 15 heavy (non-hydrogen) atoms. The average Bonchev–Trinajstić information content (AvgIpc) is 2.15. The van der Waals surface area contributed by atoms with Crippen LogP contribution >= 0.6 is 0 Å². The summed E-state index contributed by atoms with van der Waals surface area (Å²) in [4.78, 5) is 11.6. The summed E-state index contributed by atoms with van der Waals surface area (Å²) in [5.74, 6) is -0.572. The summed E-state index contributed by atoms with van der Waals surface area (Å²) in [6, 6.07) is 6.06. The zero-order valence-corrected chi connectivity index (χ0v) is 9.28. The van der Waals surface area contributed by atoms with E-state index in [4.69, 9.17) is 5.73 Å². The number of amides is 1. The molecule has 0 aromatic heterocycles. The lowest BCUT2D eigenvalue weighted by Gasteiger charge is -2.14. The van der Waals surface area contributed by atoms with Gasteiger partial charge in [0.25, 0.3) is 5.91 Å². The molecule has 0 saturated carbocycles. The van der Waals surface area contributed by atoms with Gasteiger partial charge in [-0.3, -0.25) is 4.79 Å². The molecule has 5 nitrogen and oxygen atoms in total. The van der Waals surface area contributed by atoms with Crippen LogP contribution in [0.15, 0.2) is 24.3 Å². The van der Waals surface area contributed by atoms with Crippen molar-refractivity contribution in [3.63, 3.8) is 0 Å². The normalized spacial score (nSPS) is 11.1. The second kappa shape index (κ2) is 3.90. The van der Waals surface area contributed by atoms with Crippen LogP contribution in [0.1, 0.15) is 10.4 Å². The van der Waals surface area contributed by atoms with Gasteiger partial charge in [-0.05, 0) is 24.3 Å². The summed E-state index contributed by atoms with van der Waals surface area (Å²) in [6.07, 6.45) is 0.974. The fourth-order valence-corrected chi connectivity index (χ4v) is 1.36. The van der Waals surface area contributed by atoms with E-state index in [1.807, 2.05) is 0 Å². The van der Waals surface area contributed by atoms with Gasteiger partial charge in [-0.1, -0.05) is 0 Å². The second-order valence-corrected chi connectivity index (χ2v) is 5.17. The molecule has 0 atom stereocenters. The Morgan fingerprint density at radius 3 is 2.13 bits per heavy atom. The van der Waals surface area contributed by atoms with Gasteiger partial charge >= 0.3 is 0 Å². The van der Waals surface area contributed by atoms with E-state index in [0.717, 1.165) is 6.26 Å². The third-order valence-corrected chi connectivity index (χ3v) is 3.10. The molecule has 0 aliphatic heterocycles. The average molecular weight is 228 g/mol. The lowest BCUT2D eigenvalue weighted by molar-refractivity contribution is 0.0884. The minimum absolute atomic E-state index is 0.289. The maximum Gasteiger partial charge on any atom is 0.267 e. The molecule has 1 aromatic carbocycles. The van der Waals surface area contributed by atoms with Crippen molar-refractivity contribution >= 4 is 21.6 Å². The van der Waals surface area contributed by atoms with Gasteiger partial charge < -0.3 is 5.73 Å². The first-order chi connectivity index (χ1) is 6.82. The highest BCUT2D eigenvalue weighted by molar-refractivity contribution is 7.88. The predicted molar refractivity (Wildman–Crippen MR) is 57.8 cm³/mol. The number of benzene rings is 1. The van der Waals surface area contributed by atoms with Crippen LogP contribution in [0.5, 0.6) is 0 Å². The number of hydrogen-bond donors (Lipinski definition) is 1. The van der Waals surface area contributed by atoms with Crippen LogP contribution in [0, 0.1) is 0 Å². The molecule has 0 radical (unpaired) electrons. The van der Waals surface area contributed by atoms with Gasteiger partial charge in [-0.15, -0.1) is 0 Å². The highest BCUT2D eigenvalue weighted by Crippen LogP contribution is 2.09. The monoisotopic (exact) mass is 228 g/mol. The molecular weight excluding hydrogens is 216 g/mol. The molecule has 82 valence electrons. The zero-order valence-electron chi connectivity index (χ0n) is 8.47. The Hall–Kier alpha value is -1.56. The first-order valence-corrected chi connectivity index (χ1v) is 6.01.